The molecule has 1 atom stereocenters. The first kappa shape index (κ1) is 20.0. The zero-order valence-electron chi connectivity index (χ0n) is 17.6. The molecule has 0 bridgehead atoms. The van der Waals surface area contributed by atoms with Crippen molar-refractivity contribution >= 4 is 5.91 Å². The van der Waals surface area contributed by atoms with Crippen LogP contribution in [-0.2, 0) is 11.3 Å². The lowest BCUT2D eigenvalue weighted by molar-refractivity contribution is -0.126. The van der Waals surface area contributed by atoms with E-state index in [9.17, 15) is 4.79 Å². The van der Waals surface area contributed by atoms with Gasteiger partial charge in [-0.15, -0.1) is 0 Å². The zero-order chi connectivity index (χ0) is 20.4. The summed E-state index contributed by atoms with van der Waals surface area (Å²) in [5.74, 6) is 1.94. The van der Waals surface area contributed by atoms with Gasteiger partial charge in [-0.3, -0.25) is 14.6 Å². The highest BCUT2D eigenvalue weighted by molar-refractivity contribution is 5.81. The smallest absolute Gasteiger partial charge is 0.241 e. The molecule has 2 aromatic rings. The second-order valence-electron chi connectivity index (χ2n) is 8.56. The van der Waals surface area contributed by atoms with Crippen molar-refractivity contribution in [2.45, 2.75) is 58.2 Å². The van der Waals surface area contributed by atoms with E-state index >= 15 is 0 Å². The molecule has 1 aromatic carbocycles. The van der Waals surface area contributed by atoms with Gasteiger partial charge < -0.3 is 9.84 Å². The van der Waals surface area contributed by atoms with Crippen LogP contribution in [0.5, 0.6) is 0 Å². The highest BCUT2D eigenvalue weighted by atomic mass is 16.5. The molecular weight excluding hydrogens is 366 g/mol. The minimum Gasteiger partial charge on any atom is -0.352 e. The van der Waals surface area contributed by atoms with Gasteiger partial charge in [0.25, 0.3) is 0 Å². The zero-order valence-corrected chi connectivity index (χ0v) is 17.6. The lowest BCUT2D eigenvalue weighted by Crippen LogP contribution is -2.53. The van der Waals surface area contributed by atoms with Crippen LogP contribution in [0.1, 0.15) is 51.0 Å². The summed E-state index contributed by atoms with van der Waals surface area (Å²) in [6, 6.07) is 8.69. The lowest BCUT2D eigenvalue weighted by atomic mass is 10.0. The van der Waals surface area contributed by atoms with E-state index < -0.39 is 0 Å². The first-order valence-corrected chi connectivity index (χ1v) is 10.7. The molecule has 1 amide bonds. The standard InChI is InChI=1S/C22H31N5O2/c1-15(2)17-4-6-18(7-5-17)21-24-20(29-25-21)14-26-10-12-27(13-11-26)16(3)22(28)23-19-8-9-19/h4-7,15-16,19H,8-14H2,1-3H3,(H,23,28). The largest absolute Gasteiger partial charge is 0.352 e. The summed E-state index contributed by atoms with van der Waals surface area (Å²) in [6.45, 7) is 10.5. The number of hydrogen-bond donors (Lipinski definition) is 1. The quantitative estimate of drug-likeness (QED) is 0.774. The Labute approximate surface area is 172 Å². The molecule has 1 N–H and O–H groups in total. The van der Waals surface area contributed by atoms with Crippen molar-refractivity contribution in [2.24, 2.45) is 0 Å². The number of nitrogens with one attached hydrogen (secondary N) is 1. The Morgan fingerprint density at radius 2 is 1.83 bits per heavy atom. The van der Waals surface area contributed by atoms with Crippen LogP contribution in [0.2, 0.25) is 0 Å². The fraction of sp³-hybridized carbons (Fsp3) is 0.591. The van der Waals surface area contributed by atoms with Crippen LogP contribution >= 0.6 is 0 Å². The molecule has 4 rings (SSSR count). The number of aromatic nitrogens is 2. The SMILES string of the molecule is CC(C)c1ccc(-c2noc(CN3CCN(C(C)C(=O)NC4CC4)CC3)n2)cc1. The van der Waals surface area contributed by atoms with Gasteiger partial charge in [-0.2, -0.15) is 4.98 Å². The molecule has 7 heteroatoms. The number of nitrogens with zero attached hydrogens (tertiary/aromatic N) is 4. The first-order valence-electron chi connectivity index (χ1n) is 10.7. The van der Waals surface area contributed by atoms with Crippen LogP contribution < -0.4 is 5.32 Å². The van der Waals surface area contributed by atoms with Gasteiger partial charge in [0, 0.05) is 37.8 Å². The summed E-state index contributed by atoms with van der Waals surface area (Å²) in [4.78, 5) is 21.4. The number of benzene rings is 1. The lowest BCUT2D eigenvalue weighted by Gasteiger charge is -2.36. The summed E-state index contributed by atoms with van der Waals surface area (Å²) in [6.07, 6.45) is 2.25. The van der Waals surface area contributed by atoms with Gasteiger partial charge in [0.05, 0.1) is 12.6 Å². The summed E-state index contributed by atoms with van der Waals surface area (Å²) in [5, 5.41) is 7.25. The Kier molecular flexibility index (Phi) is 5.96. The van der Waals surface area contributed by atoms with E-state index in [1.54, 1.807) is 0 Å². The molecule has 1 aliphatic heterocycles. The molecule has 1 unspecified atom stereocenters. The van der Waals surface area contributed by atoms with Crippen LogP contribution in [-0.4, -0.2) is 64.1 Å². The van der Waals surface area contributed by atoms with Crippen molar-refractivity contribution in [1.82, 2.24) is 25.3 Å². The number of rotatable bonds is 7. The maximum Gasteiger partial charge on any atom is 0.241 e. The molecule has 1 saturated carbocycles. The van der Waals surface area contributed by atoms with E-state index in [0.29, 0.717) is 30.2 Å². The number of carbonyl (C=O) groups is 1. The van der Waals surface area contributed by atoms with Crippen LogP contribution in [0.15, 0.2) is 28.8 Å². The molecule has 1 aliphatic carbocycles. The molecule has 2 heterocycles. The molecule has 7 nitrogen and oxygen atoms in total. The second kappa shape index (κ2) is 8.63. The molecular formula is C22H31N5O2. The molecule has 1 saturated heterocycles. The molecule has 156 valence electrons. The molecule has 1 aromatic heterocycles. The van der Waals surface area contributed by atoms with Crippen molar-refractivity contribution in [2.75, 3.05) is 26.2 Å². The first-order chi connectivity index (χ1) is 14.0. The van der Waals surface area contributed by atoms with Crippen molar-refractivity contribution in [3.8, 4) is 11.4 Å². The van der Waals surface area contributed by atoms with E-state index in [1.165, 1.54) is 5.56 Å². The molecule has 29 heavy (non-hydrogen) atoms. The Balaban J connectivity index is 1.28. The highest BCUT2D eigenvalue weighted by Crippen LogP contribution is 2.21. The average molecular weight is 398 g/mol. The van der Waals surface area contributed by atoms with Crippen molar-refractivity contribution in [3.63, 3.8) is 0 Å². The van der Waals surface area contributed by atoms with Crippen LogP contribution in [0, 0.1) is 0 Å². The number of amides is 1. The predicted molar refractivity (Wildman–Crippen MR) is 111 cm³/mol. The fourth-order valence-corrected chi connectivity index (χ4v) is 3.67. The highest BCUT2D eigenvalue weighted by Gasteiger charge is 2.30. The van der Waals surface area contributed by atoms with Gasteiger partial charge in [-0.05, 0) is 31.2 Å². The molecule has 0 spiro atoms. The topological polar surface area (TPSA) is 74.5 Å². The van der Waals surface area contributed by atoms with Crippen LogP contribution in [0.4, 0.5) is 0 Å². The summed E-state index contributed by atoms with van der Waals surface area (Å²) >= 11 is 0. The number of carbonyl (C=O) groups excluding carboxylic acids is 1. The van der Waals surface area contributed by atoms with Crippen molar-refractivity contribution < 1.29 is 9.32 Å². The summed E-state index contributed by atoms with van der Waals surface area (Å²) in [5.41, 5.74) is 2.28. The Bertz CT molecular complexity index is 820. The van der Waals surface area contributed by atoms with Crippen LogP contribution in [0.25, 0.3) is 11.4 Å². The monoisotopic (exact) mass is 397 g/mol. The third-order valence-corrected chi connectivity index (χ3v) is 5.92. The van der Waals surface area contributed by atoms with E-state index in [0.717, 1.165) is 44.6 Å². The normalized spacial score (nSPS) is 19.4. The van der Waals surface area contributed by atoms with E-state index in [-0.39, 0.29) is 11.9 Å². The van der Waals surface area contributed by atoms with Crippen LogP contribution in [0.3, 0.4) is 0 Å². The van der Waals surface area contributed by atoms with E-state index in [2.05, 4.69) is 63.4 Å². The minimum absolute atomic E-state index is 0.0680. The van der Waals surface area contributed by atoms with E-state index in [4.69, 9.17) is 4.52 Å². The predicted octanol–water partition coefficient (Wildman–Crippen LogP) is 2.64. The fourth-order valence-electron chi connectivity index (χ4n) is 3.67. The van der Waals surface area contributed by atoms with Gasteiger partial charge in [-0.1, -0.05) is 43.3 Å². The number of piperazine rings is 1. The maximum absolute atomic E-state index is 12.3. The van der Waals surface area contributed by atoms with Gasteiger partial charge in [0.2, 0.25) is 17.6 Å². The van der Waals surface area contributed by atoms with Gasteiger partial charge in [0.1, 0.15) is 0 Å². The van der Waals surface area contributed by atoms with Gasteiger partial charge >= 0.3 is 0 Å². The van der Waals surface area contributed by atoms with Gasteiger partial charge in [-0.25, -0.2) is 0 Å². The molecule has 2 fully saturated rings. The molecule has 2 aliphatic rings. The molecule has 0 radical (unpaired) electrons. The third-order valence-electron chi connectivity index (χ3n) is 5.92. The minimum atomic E-state index is -0.0680. The van der Waals surface area contributed by atoms with Crippen molar-refractivity contribution in [3.05, 3.63) is 35.7 Å². The average Bonchev–Trinajstić information content (AvgIpc) is 3.43. The van der Waals surface area contributed by atoms with Gasteiger partial charge in [0.15, 0.2) is 0 Å². The Morgan fingerprint density at radius 1 is 1.14 bits per heavy atom. The van der Waals surface area contributed by atoms with E-state index in [1.807, 2.05) is 6.92 Å². The Hall–Kier alpha value is -2.25. The summed E-state index contributed by atoms with van der Waals surface area (Å²) < 4.78 is 5.48. The number of hydrogen-bond acceptors (Lipinski definition) is 6. The Morgan fingerprint density at radius 3 is 2.45 bits per heavy atom. The second-order valence-corrected chi connectivity index (χ2v) is 8.56. The summed E-state index contributed by atoms with van der Waals surface area (Å²) in [7, 11) is 0. The maximum atomic E-state index is 12.3. The third kappa shape index (κ3) is 5.03. The van der Waals surface area contributed by atoms with Crippen molar-refractivity contribution in [1.29, 1.82) is 0 Å².